The van der Waals surface area contributed by atoms with Crippen molar-refractivity contribution in [3.05, 3.63) is 93.8 Å². The summed E-state index contributed by atoms with van der Waals surface area (Å²) in [7, 11) is 0. The highest BCUT2D eigenvalue weighted by molar-refractivity contribution is 6.30. The third kappa shape index (κ3) is 4.23. The first kappa shape index (κ1) is 20.8. The summed E-state index contributed by atoms with van der Waals surface area (Å²) in [6, 6.07) is 19.1. The molecule has 1 amide bonds. The molecule has 31 heavy (non-hydrogen) atoms. The van der Waals surface area contributed by atoms with E-state index < -0.39 is 0 Å². The summed E-state index contributed by atoms with van der Waals surface area (Å²) in [5.74, 6) is 0.321. The fraction of sp³-hybridized carbons (Fsp3) is 0.160. The molecule has 4 rings (SSSR count). The highest BCUT2D eigenvalue weighted by Gasteiger charge is 2.20. The number of nitrogens with one attached hydrogen (secondary N) is 1. The van der Waals surface area contributed by atoms with Crippen LogP contribution < -0.4 is 5.32 Å². The molecule has 0 bridgehead atoms. The fourth-order valence-corrected chi connectivity index (χ4v) is 3.46. The first-order valence-corrected chi connectivity index (χ1v) is 10.4. The predicted octanol–water partition coefficient (Wildman–Crippen LogP) is 6.07. The maximum Gasteiger partial charge on any atom is 0.295 e. The highest BCUT2D eigenvalue weighted by atomic mass is 35.5. The molecule has 5 nitrogen and oxygen atoms in total. The van der Waals surface area contributed by atoms with E-state index >= 15 is 0 Å². The molecule has 0 unspecified atom stereocenters. The first-order chi connectivity index (χ1) is 14.8. The molecule has 6 heteroatoms. The van der Waals surface area contributed by atoms with E-state index in [9.17, 15) is 4.79 Å². The Morgan fingerprint density at radius 2 is 1.65 bits per heavy atom. The van der Waals surface area contributed by atoms with Crippen molar-refractivity contribution in [1.82, 2.24) is 14.8 Å². The Hall–Kier alpha value is -3.44. The maximum atomic E-state index is 13.0. The molecule has 0 aliphatic heterocycles. The predicted molar refractivity (Wildman–Crippen MR) is 125 cm³/mol. The van der Waals surface area contributed by atoms with E-state index in [0.29, 0.717) is 16.5 Å². The lowest BCUT2D eigenvalue weighted by molar-refractivity contribution is 0.101. The number of amides is 1. The molecule has 3 aromatic carbocycles. The lowest BCUT2D eigenvalue weighted by Crippen LogP contribution is -2.14. The van der Waals surface area contributed by atoms with Gasteiger partial charge in [0.25, 0.3) is 5.91 Å². The third-order valence-electron chi connectivity index (χ3n) is 5.48. The van der Waals surface area contributed by atoms with Gasteiger partial charge < -0.3 is 5.32 Å². The summed E-state index contributed by atoms with van der Waals surface area (Å²) >= 11 is 6.06. The molecule has 0 spiro atoms. The quantitative estimate of drug-likeness (QED) is 0.427. The number of nitrogens with zero attached hydrogens (tertiary/aromatic N) is 3. The minimum atomic E-state index is -0.359. The van der Waals surface area contributed by atoms with Crippen molar-refractivity contribution < 1.29 is 4.79 Å². The van der Waals surface area contributed by atoms with Gasteiger partial charge in [-0.2, -0.15) is 0 Å². The first-order valence-electron chi connectivity index (χ1n) is 10.0. The lowest BCUT2D eigenvalue weighted by atomic mass is 10.1. The Labute approximate surface area is 186 Å². The number of rotatable bonds is 4. The van der Waals surface area contributed by atoms with Crippen molar-refractivity contribution in [2.75, 3.05) is 5.32 Å². The number of aromatic nitrogens is 3. The van der Waals surface area contributed by atoms with Gasteiger partial charge in [-0.25, -0.2) is 9.67 Å². The Balaban J connectivity index is 1.79. The molecule has 1 aromatic heterocycles. The van der Waals surface area contributed by atoms with Gasteiger partial charge >= 0.3 is 0 Å². The van der Waals surface area contributed by atoms with Crippen LogP contribution in [-0.4, -0.2) is 20.7 Å². The van der Waals surface area contributed by atoms with Gasteiger partial charge in [0.1, 0.15) is 0 Å². The van der Waals surface area contributed by atoms with Gasteiger partial charge in [0.2, 0.25) is 5.82 Å². The zero-order valence-electron chi connectivity index (χ0n) is 17.9. The summed E-state index contributed by atoms with van der Waals surface area (Å²) in [6.07, 6.45) is 0. The van der Waals surface area contributed by atoms with Crippen molar-refractivity contribution in [1.29, 1.82) is 0 Å². The van der Waals surface area contributed by atoms with E-state index in [-0.39, 0.29) is 11.7 Å². The molecule has 0 radical (unpaired) electrons. The van der Waals surface area contributed by atoms with Crippen LogP contribution in [0.15, 0.2) is 60.7 Å². The fourth-order valence-electron chi connectivity index (χ4n) is 3.33. The van der Waals surface area contributed by atoms with Crippen LogP contribution in [0.25, 0.3) is 17.1 Å². The molecule has 4 aromatic rings. The SMILES string of the molecule is Cc1ccc(NC(=O)c2nc(-c3ccc(Cl)cc3)n(-c3cccc(C)c3C)n2)cc1C. The number of carbonyl (C=O) groups excluding carboxylic acids is 1. The lowest BCUT2D eigenvalue weighted by Gasteiger charge is -2.11. The van der Waals surface area contributed by atoms with Crippen LogP contribution in [0.1, 0.15) is 32.9 Å². The smallest absolute Gasteiger partial charge is 0.295 e. The molecule has 0 saturated carbocycles. The van der Waals surface area contributed by atoms with E-state index in [1.165, 1.54) is 5.56 Å². The summed E-state index contributed by atoms with van der Waals surface area (Å²) < 4.78 is 1.72. The topological polar surface area (TPSA) is 59.8 Å². The monoisotopic (exact) mass is 430 g/mol. The molecule has 0 fully saturated rings. The minimum absolute atomic E-state index is 0.101. The normalized spacial score (nSPS) is 10.9. The number of hydrogen-bond acceptors (Lipinski definition) is 3. The molecule has 156 valence electrons. The number of hydrogen-bond donors (Lipinski definition) is 1. The number of anilines is 1. The molecular weight excluding hydrogens is 408 g/mol. The van der Waals surface area contributed by atoms with Crippen molar-refractivity contribution in [3.8, 4) is 17.1 Å². The van der Waals surface area contributed by atoms with Crippen molar-refractivity contribution in [3.63, 3.8) is 0 Å². The third-order valence-corrected chi connectivity index (χ3v) is 5.73. The second kappa shape index (κ2) is 8.36. The van der Waals surface area contributed by atoms with Crippen molar-refractivity contribution >= 4 is 23.2 Å². The molecule has 0 aliphatic carbocycles. The second-order valence-electron chi connectivity index (χ2n) is 7.65. The molecule has 0 atom stereocenters. The van der Waals surface area contributed by atoms with Gasteiger partial charge in [0.15, 0.2) is 5.82 Å². The van der Waals surface area contributed by atoms with E-state index in [0.717, 1.165) is 27.9 Å². The van der Waals surface area contributed by atoms with E-state index in [4.69, 9.17) is 11.6 Å². The van der Waals surface area contributed by atoms with Crippen LogP contribution in [-0.2, 0) is 0 Å². The summed E-state index contributed by atoms with van der Waals surface area (Å²) in [5.41, 5.74) is 6.89. The number of aryl methyl sites for hydroxylation is 3. The molecular formula is C25H23ClN4O. The number of benzene rings is 3. The second-order valence-corrected chi connectivity index (χ2v) is 8.09. The standard InChI is InChI=1S/C25H23ClN4O/c1-15-8-13-21(14-17(15)3)27-25(31)23-28-24(19-9-11-20(26)12-10-19)30(29-23)22-7-5-6-16(2)18(22)4/h5-14H,1-4H3,(H,27,31). The van der Waals surface area contributed by atoms with Gasteiger partial charge in [0.05, 0.1) is 5.69 Å². The Morgan fingerprint density at radius 3 is 2.35 bits per heavy atom. The van der Waals surface area contributed by atoms with Gasteiger partial charge in [-0.05, 0) is 92.4 Å². The van der Waals surface area contributed by atoms with Crippen LogP contribution in [0.2, 0.25) is 5.02 Å². The zero-order valence-corrected chi connectivity index (χ0v) is 18.7. The van der Waals surface area contributed by atoms with E-state index in [1.54, 1.807) is 16.8 Å². The van der Waals surface area contributed by atoms with Crippen LogP contribution >= 0.6 is 11.6 Å². The van der Waals surface area contributed by atoms with Gasteiger partial charge in [0, 0.05) is 16.3 Å². The van der Waals surface area contributed by atoms with Gasteiger partial charge in [-0.3, -0.25) is 4.79 Å². The van der Waals surface area contributed by atoms with Crippen LogP contribution in [0.5, 0.6) is 0 Å². The van der Waals surface area contributed by atoms with Crippen molar-refractivity contribution in [2.24, 2.45) is 0 Å². The Morgan fingerprint density at radius 1 is 0.903 bits per heavy atom. The molecule has 0 aliphatic rings. The maximum absolute atomic E-state index is 13.0. The molecule has 1 N–H and O–H groups in total. The minimum Gasteiger partial charge on any atom is -0.319 e. The number of halogens is 1. The van der Waals surface area contributed by atoms with Crippen LogP contribution in [0.3, 0.4) is 0 Å². The molecule has 1 heterocycles. The van der Waals surface area contributed by atoms with Gasteiger partial charge in [-0.1, -0.05) is 29.8 Å². The van der Waals surface area contributed by atoms with Crippen LogP contribution in [0, 0.1) is 27.7 Å². The van der Waals surface area contributed by atoms with Crippen LogP contribution in [0.4, 0.5) is 5.69 Å². The average molecular weight is 431 g/mol. The summed E-state index contributed by atoms with van der Waals surface area (Å²) in [4.78, 5) is 17.6. The summed E-state index contributed by atoms with van der Waals surface area (Å²) in [6.45, 7) is 8.13. The van der Waals surface area contributed by atoms with E-state index in [1.807, 2.05) is 76.2 Å². The number of carbonyl (C=O) groups is 1. The Bertz CT molecular complexity index is 1280. The zero-order chi connectivity index (χ0) is 22.1. The largest absolute Gasteiger partial charge is 0.319 e. The van der Waals surface area contributed by atoms with Crippen molar-refractivity contribution in [2.45, 2.75) is 27.7 Å². The summed E-state index contributed by atoms with van der Waals surface area (Å²) in [5, 5.41) is 8.12. The van der Waals surface area contributed by atoms with Gasteiger partial charge in [-0.15, -0.1) is 5.10 Å². The average Bonchev–Trinajstić information content (AvgIpc) is 3.18. The van der Waals surface area contributed by atoms with E-state index in [2.05, 4.69) is 15.4 Å². The molecule has 0 saturated heterocycles. The highest BCUT2D eigenvalue weighted by Crippen LogP contribution is 2.26. The Kier molecular flexibility index (Phi) is 5.61.